The van der Waals surface area contributed by atoms with Crippen molar-refractivity contribution < 1.29 is 50.4 Å². The number of Topliss-reactive ketones (excluding diaryl/α,β-unsaturated/α-hetero) is 1. The van der Waals surface area contributed by atoms with E-state index in [-0.39, 0.29) is 0 Å². The Morgan fingerprint density at radius 3 is 2.05 bits per heavy atom. The standard InChI is InChI=1S/C11H20O10/c12-1-3(14)5(15)7(17)9(19)11-10(20)8(18)6(16)4(2-13)21-11/h3-8,10-18,20H,1-2H2/t3-,4-,5+,6-,7-,8+,10-,11-/m1/s1. The maximum Gasteiger partial charge on any atom is 0.195 e. The van der Waals surface area contributed by atoms with Crippen LogP contribution in [0.5, 0.6) is 0 Å². The Labute approximate surface area is 119 Å². The number of ketones is 1. The first-order valence-corrected chi connectivity index (χ1v) is 6.25. The summed E-state index contributed by atoms with van der Waals surface area (Å²) in [7, 11) is 0. The minimum atomic E-state index is -2.20. The van der Waals surface area contributed by atoms with E-state index in [4.69, 9.17) is 20.1 Å². The quantitative estimate of drug-likeness (QED) is 0.235. The van der Waals surface area contributed by atoms with E-state index in [0.29, 0.717) is 0 Å². The summed E-state index contributed by atoms with van der Waals surface area (Å²) in [4.78, 5) is 11.9. The molecule has 8 atom stereocenters. The van der Waals surface area contributed by atoms with Gasteiger partial charge < -0.3 is 45.6 Å². The molecule has 0 saturated carbocycles. The Kier molecular flexibility index (Phi) is 6.59. The molecule has 0 unspecified atom stereocenters. The zero-order valence-corrected chi connectivity index (χ0v) is 10.9. The van der Waals surface area contributed by atoms with E-state index >= 15 is 0 Å². The molecule has 0 aromatic carbocycles. The summed E-state index contributed by atoms with van der Waals surface area (Å²) in [5.41, 5.74) is 0. The molecule has 1 saturated heterocycles. The molecule has 1 aliphatic rings. The van der Waals surface area contributed by atoms with Crippen molar-refractivity contribution in [3.63, 3.8) is 0 Å². The lowest BCUT2D eigenvalue weighted by atomic mass is 9.90. The number of aliphatic hydroxyl groups excluding tert-OH is 8. The van der Waals surface area contributed by atoms with E-state index in [9.17, 15) is 30.3 Å². The van der Waals surface area contributed by atoms with Crippen molar-refractivity contribution in [3.8, 4) is 0 Å². The average Bonchev–Trinajstić information content (AvgIpc) is 2.50. The molecule has 21 heavy (non-hydrogen) atoms. The van der Waals surface area contributed by atoms with E-state index in [1.807, 2.05) is 0 Å². The lowest BCUT2D eigenvalue weighted by molar-refractivity contribution is -0.230. The third kappa shape index (κ3) is 3.74. The third-order valence-corrected chi connectivity index (χ3v) is 3.37. The van der Waals surface area contributed by atoms with Gasteiger partial charge in [0.2, 0.25) is 0 Å². The molecule has 1 heterocycles. The van der Waals surface area contributed by atoms with Gasteiger partial charge in [-0.1, -0.05) is 0 Å². The van der Waals surface area contributed by atoms with Crippen LogP contribution in [0.3, 0.4) is 0 Å². The van der Waals surface area contributed by atoms with Crippen LogP contribution in [0.2, 0.25) is 0 Å². The normalized spacial score (nSPS) is 37.8. The maximum atomic E-state index is 11.9. The van der Waals surface area contributed by atoms with Crippen LogP contribution in [-0.4, -0.2) is 109 Å². The summed E-state index contributed by atoms with van der Waals surface area (Å²) < 4.78 is 4.90. The molecular formula is C11H20O10. The molecule has 10 heteroatoms. The molecular weight excluding hydrogens is 292 g/mol. The Hall–Kier alpha value is -0.690. The molecule has 1 aliphatic heterocycles. The van der Waals surface area contributed by atoms with Crippen molar-refractivity contribution >= 4 is 5.78 Å². The van der Waals surface area contributed by atoms with E-state index in [2.05, 4.69) is 0 Å². The summed E-state index contributed by atoms with van der Waals surface area (Å²) in [6.07, 6.45) is -14.6. The molecule has 0 spiro atoms. The van der Waals surface area contributed by atoms with Crippen molar-refractivity contribution in [2.24, 2.45) is 0 Å². The lowest BCUT2D eigenvalue weighted by Crippen LogP contribution is -2.63. The number of carbonyl (C=O) groups excluding carboxylic acids is 1. The van der Waals surface area contributed by atoms with E-state index in [0.717, 1.165) is 0 Å². The number of hydrogen-bond acceptors (Lipinski definition) is 10. The monoisotopic (exact) mass is 312 g/mol. The Bertz CT molecular complexity index is 348. The van der Waals surface area contributed by atoms with Gasteiger partial charge in [-0.3, -0.25) is 4.79 Å². The molecule has 0 bridgehead atoms. The number of ether oxygens (including phenoxy) is 1. The van der Waals surface area contributed by atoms with Crippen LogP contribution in [0.1, 0.15) is 0 Å². The first kappa shape index (κ1) is 18.4. The van der Waals surface area contributed by atoms with Gasteiger partial charge in [-0.05, 0) is 0 Å². The molecule has 0 aliphatic carbocycles. The van der Waals surface area contributed by atoms with Gasteiger partial charge in [-0.25, -0.2) is 0 Å². The van der Waals surface area contributed by atoms with Crippen LogP contribution >= 0.6 is 0 Å². The number of carbonyl (C=O) groups is 1. The van der Waals surface area contributed by atoms with Crippen molar-refractivity contribution in [1.29, 1.82) is 0 Å². The second kappa shape index (κ2) is 7.54. The SMILES string of the molecule is O=C([C@H]1O[C@H](CO)[C@@H](O)[C@H](O)[C@H]1O)[C@H](O)[C@@H](O)[C@H](O)CO. The third-order valence-electron chi connectivity index (χ3n) is 3.37. The van der Waals surface area contributed by atoms with Crippen molar-refractivity contribution in [1.82, 2.24) is 0 Å². The summed E-state index contributed by atoms with van der Waals surface area (Å²) in [5.74, 6) is -1.27. The fraction of sp³-hybridized carbons (Fsp3) is 0.909. The smallest absolute Gasteiger partial charge is 0.195 e. The van der Waals surface area contributed by atoms with E-state index in [1.165, 1.54) is 0 Å². The Morgan fingerprint density at radius 2 is 1.57 bits per heavy atom. The second-order valence-electron chi connectivity index (χ2n) is 4.84. The van der Waals surface area contributed by atoms with Crippen LogP contribution in [0.4, 0.5) is 0 Å². The van der Waals surface area contributed by atoms with Gasteiger partial charge in [0.1, 0.15) is 48.8 Å². The fourth-order valence-corrected chi connectivity index (χ4v) is 1.99. The molecule has 8 N–H and O–H groups in total. The van der Waals surface area contributed by atoms with Crippen LogP contribution < -0.4 is 0 Å². The van der Waals surface area contributed by atoms with Gasteiger partial charge in [-0.15, -0.1) is 0 Å². The Balaban J connectivity index is 2.85. The van der Waals surface area contributed by atoms with Crippen molar-refractivity contribution in [2.45, 2.75) is 48.8 Å². The summed E-state index contributed by atoms with van der Waals surface area (Å²) in [6.45, 7) is -1.67. The van der Waals surface area contributed by atoms with Crippen LogP contribution in [0, 0.1) is 0 Å². The predicted octanol–water partition coefficient (Wildman–Crippen LogP) is -5.53. The molecule has 1 fully saturated rings. The highest BCUT2D eigenvalue weighted by Crippen LogP contribution is 2.23. The highest BCUT2D eigenvalue weighted by Gasteiger charge is 2.48. The van der Waals surface area contributed by atoms with Crippen LogP contribution in [0.25, 0.3) is 0 Å². The molecule has 10 nitrogen and oxygen atoms in total. The zero-order chi connectivity index (χ0) is 16.3. The van der Waals surface area contributed by atoms with Gasteiger partial charge in [0.05, 0.1) is 13.2 Å². The van der Waals surface area contributed by atoms with Crippen molar-refractivity contribution in [2.75, 3.05) is 13.2 Å². The summed E-state index contributed by atoms with van der Waals surface area (Å²) >= 11 is 0. The largest absolute Gasteiger partial charge is 0.394 e. The predicted molar refractivity (Wildman–Crippen MR) is 63.9 cm³/mol. The molecule has 0 radical (unpaired) electrons. The summed E-state index contributed by atoms with van der Waals surface area (Å²) in [5, 5.41) is 74.5. The highest BCUT2D eigenvalue weighted by molar-refractivity contribution is 5.88. The number of hydrogen-bond donors (Lipinski definition) is 8. The second-order valence-corrected chi connectivity index (χ2v) is 4.84. The van der Waals surface area contributed by atoms with Gasteiger partial charge in [0.15, 0.2) is 5.78 Å². The number of rotatable bonds is 6. The zero-order valence-electron chi connectivity index (χ0n) is 10.9. The molecule has 0 amide bonds. The lowest BCUT2D eigenvalue weighted by Gasteiger charge is -2.40. The summed E-state index contributed by atoms with van der Waals surface area (Å²) in [6, 6.07) is 0. The fourth-order valence-electron chi connectivity index (χ4n) is 1.99. The van der Waals surface area contributed by atoms with E-state index in [1.54, 1.807) is 0 Å². The minimum absolute atomic E-state index is 0.757. The average molecular weight is 312 g/mol. The van der Waals surface area contributed by atoms with Gasteiger partial charge >= 0.3 is 0 Å². The van der Waals surface area contributed by atoms with Gasteiger partial charge in [0.25, 0.3) is 0 Å². The highest BCUT2D eigenvalue weighted by atomic mass is 16.5. The minimum Gasteiger partial charge on any atom is -0.394 e. The number of aliphatic hydroxyl groups is 8. The van der Waals surface area contributed by atoms with Gasteiger partial charge in [-0.2, -0.15) is 0 Å². The first-order chi connectivity index (χ1) is 9.76. The van der Waals surface area contributed by atoms with Gasteiger partial charge in [0, 0.05) is 0 Å². The molecule has 0 aromatic rings. The van der Waals surface area contributed by atoms with Crippen LogP contribution in [-0.2, 0) is 9.53 Å². The molecule has 0 aromatic heterocycles. The molecule has 124 valence electrons. The maximum absolute atomic E-state index is 11.9. The van der Waals surface area contributed by atoms with Crippen molar-refractivity contribution in [3.05, 3.63) is 0 Å². The van der Waals surface area contributed by atoms with Crippen LogP contribution in [0.15, 0.2) is 0 Å². The Morgan fingerprint density at radius 1 is 1.00 bits per heavy atom. The molecule has 1 rings (SSSR count). The van der Waals surface area contributed by atoms with E-state index < -0.39 is 67.8 Å². The topological polar surface area (TPSA) is 188 Å². The first-order valence-electron chi connectivity index (χ1n) is 6.25.